The minimum atomic E-state index is -0.517. The topological polar surface area (TPSA) is 85.8 Å². The average molecular weight is 479 g/mol. The van der Waals surface area contributed by atoms with Crippen LogP contribution in [0.5, 0.6) is 5.75 Å². The number of benzene rings is 2. The third-order valence-electron chi connectivity index (χ3n) is 5.83. The summed E-state index contributed by atoms with van der Waals surface area (Å²) < 4.78 is 16.5. The second-order valence-corrected chi connectivity index (χ2v) is 9.90. The van der Waals surface area contributed by atoms with Crippen molar-refractivity contribution >= 4 is 22.7 Å². The summed E-state index contributed by atoms with van der Waals surface area (Å²) in [5.74, 6) is 1.40. The third-order valence-corrected chi connectivity index (χ3v) is 5.83. The number of piperidine rings is 1. The summed E-state index contributed by atoms with van der Waals surface area (Å²) in [6.07, 6.45) is 1.55. The van der Waals surface area contributed by atoms with Gasteiger partial charge in [-0.05, 0) is 58.2 Å². The van der Waals surface area contributed by atoms with Gasteiger partial charge in [-0.25, -0.2) is 4.79 Å². The molecule has 1 N–H and O–H groups in total. The lowest BCUT2D eigenvalue weighted by atomic mass is 10.0. The molecule has 4 rings (SSSR count). The molecule has 1 fully saturated rings. The third kappa shape index (κ3) is 6.00. The Morgan fingerprint density at radius 1 is 1.14 bits per heavy atom. The second-order valence-electron chi connectivity index (χ2n) is 9.90. The highest BCUT2D eigenvalue weighted by atomic mass is 16.7. The Morgan fingerprint density at radius 3 is 2.66 bits per heavy atom. The molecule has 0 radical (unpaired) electrons. The van der Waals surface area contributed by atoms with Crippen molar-refractivity contribution < 1.29 is 19.0 Å². The van der Waals surface area contributed by atoms with Crippen LogP contribution in [0.25, 0.3) is 22.0 Å². The number of carbonyl (C=O) groups is 1. The normalized spacial score (nSPS) is 16.3. The van der Waals surface area contributed by atoms with Crippen LogP contribution in [0, 0.1) is 6.92 Å². The molecule has 1 amide bonds. The molecule has 2 aromatic carbocycles. The van der Waals surface area contributed by atoms with Crippen molar-refractivity contribution in [1.29, 1.82) is 0 Å². The zero-order valence-electron chi connectivity index (χ0n) is 21.1. The fraction of sp³-hybridized carbons (Fsp3) is 0.444. The van der Waals surface area contributed by atoms with Gasteiger partial charge in [-0.3, -0.25) is 0 Å². The first kappa shape index (κ1) is 24.7. The van der Waals surface area contributed by atoms with Crippen LogP contribution >= 0.6 is 0 Å². The zero-order chi connectivity index (χ0) is 25.0. The van der Waals surface area contributed by atoms with E-state index in [4.69, 9.17) is 14.2 Å². The molecular weight excluding hydrogens is 444 g/mol. The van der Waals surface area contributed by atoms with Crippen LogP contribution in [0.2, 0.25) is 0 Å². The van der Waals surface area contributed by atoms with Gasteiger partial charge < -0.3 is 24.4 Å². The number of nitrogens with zero attached hydrogens (tertiary/aromatic N) is 3. The van der Waals surface area contributed by atoms with Crippen LogP contribution in [-0.4, -0.2) is 59.8 Å². The van der Waals surface area contributed by atoms with E-state index in [0.29, 0.717) is 24.7 Å². The van der Waals surface area contributed by atoms with E-state index in [0.717, 1.165) is 40.4 Å². The highest BCUT2D eigenvalue weighted by molar-refractivity contribution is 6.01. The lowest BCUT2D eigenvalue weighted by molar-refractivity contribution is 0.0206. The molecule has 8 nitrogen and oxygen atoms in total. The molecule has 8 heteroatoms. The molecular formula is C27H34N4O4. The van der Waals surface area contributed by atoms with Crippen LogP contribution in [-0.2, 0) is 9.47 Å². The number of hydrogen-bond acceptors (Lipinski definition) is 7. The van der Waals surface area contributed by atoms with Gasteiger partial charge in [0.05, 0.1) is 0 Å². The molecule has 1 saturated heterocycles. The molecule has 1 aliphatic rings. The molecule has 0 aliphatic carbocycles. The quantitative estimate of drug-likeness (QED) is 0.475. The molecule has 0 unspecified atom stereocenters. The van der Waals surface area contributed by atoms with Crippen LogP contribution in [0.3, 0.4) is 0 Å². The number of rotatable bonds is 6. The largest absolute Gasteiger partial charge is 0.467 e. The van der Waals surface area contributed by atoms with Crippen LogP contribution in [0.15, 0.2) is 42.5 Å². The van der Waals surface area contributed by atoms with Gasteiger partial charge in [0, 0.05) is 42.6 Å². The molecule has 1 aliphatic heterocycles. The number of aromatic nitrogens is 2. The average Bonchev–Trinajstić information content (AvgIpc) is 2.82. The predicted molar refractivity (Wildman–Crippen MR) is 137 cm³/mol. The number of nitrogens with one attached hydrogen (secondary N) is 1. The highest BCUT2D eigenvalue weighted by Gasteiger charge is 2.28. The van der Waals surface area contributed by atoms with Gasteiger partial charge in [-0.1, -0.05) is 30.3 Å². The minimum Gasteiger partial charge on any atom is -0.467 e. The van der Waals surface area contributed by atoms with Gasteiger partial charge in [-0.2, -0.15) is 0 Å². The molecule has 0 bridgehead atoms. The van der Waals surface area contributed by atoms with E-state index in [1.54, 1.807) is 12.0 Å². The van der Waals surface area contributed by atoms with Gasteiger partial charge in [0.1, 0.15) is 17.0 Å². The number of aryl methyl sites for hydroxylation is 1. The summed E-state index contributed by atoms with van der Waals surface area (Å²) >= 11 is 0. The van der Waals surface area contributed by atoms with Crippen molar-refractivity contribution in [3.05, 3.63) is 48.0 Å². The van der Waals surface area contributed by atoms with E-state index in [1.807, 2.05) is 70.2 Å². The number of fused-ring (bicyclic) bond motifs is 1. The number of ether oxygens (including phenoxy) is 3. The molecule has 0 spiro atoms. The molecule has 1 aromatic heterocycles. The first-order chi connectivity index (χ1) is 16.7. The fourth-order valence-corrected chi connectivity index (χ4v) is 4.26. The molecule has 0 saturated carbocycles. The maximum absolute atomic E-state index is 12.6. The van der Waals surface area contributed by atoms with Crippen LogP contribution < -0.4 is 10.1 Å². The number of carbonyl (C=O) groups excluding carboxylic acids is 1. The van der Waals surface area contributed by atoms with Crippen LogP contribution in [0.4, 0.5) is 10.6 Å². The molecule has 2 heterocycles. The first-order valence-electron chi connectivity index (χ1n) is 12.0. The Kier molecular flexibility index (Phi) is 7.40. The summed E-state index contributed by atoms with van der Waals surface area (Å²) in [7, 11) is 1.60. The number of methoxy groups -OCH3 is 1. The van der Waals surface area contributed by atoms with Gasteiger partial charge in [-0.15, -0.1) is 10.2 Å². The van der Waals surface area contributed by atoms with Crippen molar-refractivity contribution in [3.63, 3.8) is 0 Å². The van der Waals surface area contributed by atoms with E-state index < -0.39 is 5.60 Å². The first-order valence-corrected chi connectivity index (χ1v) is 12.0. The van der Waals surface area contributed by atoms with Gasteiger partial charge >= 0.3 is 6.09 Å². The molecule has 1 atom stereocenters. The summed E-state index contributed by atoms with van der Waals surface area (Å²) in [6, 6.07) is 14.1. The van der Waals surface area contributed by atoms with E-state index >= 15 is 0 Å². The summed E-state index contributed by atoms with van der Waals surface area (Å²) in [6.45, 7) is 9.06. The van der Waals surface area contributed by atoms with E-state index in [1.165, 1.54) is 0 Å². The van der Waals surface area contributed by atoms with Gasteiger partial charge in [0.15, 0.2) is 12.6 Å². The predicted octanol–water partition coefficient (Wildman–Crippen LogP) is 5.40. The lowest BCUT2D eigenvalue weighted by Crippen LogP contribution is -2.47. The maximum Gasteiger partial charge on any atom is 0.410 e. The Labute approximate surface area is 206 Å². The Balaban J connectivity index is 1.61. The van der Waals surface area contributed by atoms with Crippen molar-refractivity contribution in [1.82, 2.24) is 15.1 Å². The second kappa shape index (κ2) is 10.5. The number of likely N-dealkylation sites (tertiary alicyclic amines) is 1. The summed E-state index contributed by atoms with van der Waals surface area (Å²) in [4.78, 5) is 14.3. The SMILES string of the molecule is COCOc1cc(C)ccc1-c1nnc(N[C@@H]2CCCN(C(=O)OC(C)(C)C)C2)c2ccccc12. The number of anilines is 1. The van der Waals surface area contributed by atoms with Crippen molar-refractivity contribution in [2.75, 3.05) is 32.3 Å². The summed E-state index contributed by atoms with van der Waals surface area (Å²) in [5, 5.41) is 14.6. The fourth-order valence-electron chi connectivity index (χ4n) is 4.26. The van der Waals surface area contributed by atoms with Gasteiger partial charge in [0.25, 0.3) is 0 Å². The van der Waals surface area contributed by atoms with Crippen LogP contribution in [0.1, 0.15) is 39.2 Å². The van der Waals surface area contributed by atoms with Gasteiger partial charge in [0.2, 0.25) is 0 Å². The van der Waals surface area contributed by atoms with Crippen molar-refractivity contribution in [2.45, 2.75) is 52.2 Å². The number of hydrogen-bond donors (Lipinski definition) is 1. The van der Waals surface area contributed by atoms with E-state index in [2.05, 4.69) is 15.5 Å². The van der Waals surface area contributed by atoms with Crippen molar-refractivity contribution in [3.8, 4) is 17.0 Å². The molecule has 3 aromatic rings. The Morgan fingerprint density at radius 2 is 1.91 bits per heavy atom. The Hall–Kier alpha value is -3.39. The smallest absolute Gasteiger partial charge is 0.410 e. The molecule has 186 valence electrons. The lowest BCUT2D eigenvalue weighted by Gasteiger charge is -2.34. The minimum absolute atomic E-state index is 0.0554. The summed E-state index contributed by atoms with van der Waals surface area (Å²) in [5.41, 5.74) is 2.17. The highest BCUT2D eigenvalue weighted by Crippen LogP contribution is 2.36. The monoisotopic (exact) mass is 478 g/mol. The zero-order valence-corrected chi connectivity index (χ0v) is 21.1. The number of amides is 1. The maximum atomic E-state index is 12.6. The Bertz CT molecular complexity index is 1190. The molecule has 35 heavy (non-hydrogen) atoms. The standard InChI is InChI=1S/C27H34N4O4/c1-18-12-13-22(23(15-18)34-17-33-5)24-20-10-6-7-11-21(20)25(30-29-24)28-19-9-8-14-31(16-19)26(32)35-27(2,3)4/h6-7,10-13,15,19H,8-9,14,16-17H2,1-5H3,(H,28,30)/t19-/m1/s1. The van der Waals surface area contributed by atoms with Crippen molar-refractivity contribution in [2.24, 2.45) is 0 Å². The van der Waals surface area contributed by atoms with E-state index in [9.17, 15) is 4.79 Å². The van der Waals surface area contributed by atoms with E-state index in [-0.39, 0.29) is 18.9 Å².